The maximum Gasteiger partial charge on any atom is 0.253 e. The van der Waals surface area contributed by atoms with Crippen molar-refractivity contribution in [3.05, 3.63) is 11.8 Å². The molecule has 0 radical (unpaired) electrons. The lowest BCUT2D eigenvalue weighted by atomic mass is 10.1. The molecular weight excluding hydrogens is 258 g/mol. The maximum atomic E-state index is 8.03. The van der Waals surface area contributed by atoms with Gasteiger partial charge in [-0.25, -0.2) is 0 Å². The van der Waals surface area contributed by atoms with E-state index < -0.39 is 19.3 Å². The van der Waals surface area contributed by atoms with Gasteiger partial charge >= 0.3 is 0 Å². The summed E-state index contributed by atoms with van der Waals surface area (Å²) in [4.78, 5) is 2.09. The molecule has 0 fully saturated rings. The number of rotatable bonds is 7. The topological polar surface area (TPSA) is 38.3 Å². The first-order valence-corrected chi connectivity index (χ1v) is 7.14. The molecular formula is C14H23N3OS. The minimum Gasteiger partial charge on any atom is -0.475 e. The fourth-order valence-corrected chi connectivity index (χ4v) is 2.32. The zero-order valence-corrected chi connectivity index (χ0v) is 12.1. The lowest BCUT2D eigenvalue weighted by Gasteiger charge is -2.22. The molecule has 0 N–H and O–H groups in total. The number of ether oxygens (including phenoxy) is 1. The molecule has 2 rings (SSSR count). The molecule has 19 heavy (non-hydrogen) atoms. The Morgan fingerprint density at radius 1 is 1.47 bits per heavy atom. The van der Waals surface area contributed by atoms with Gasteiger partial charge in [0.2, 0.25) is 0 Å². The molecule has 5 heteroatoms. The zero-order valence-electron chi connectivity index (χ0n) is 17.3. The Balaban J connectivity index is 2.27. The van der Waals surface area contributed by atoms with Crippen molar-refractivity contribution in [3.8, 4) is 5.88 Å². The van der Waals surface area contributed by atoms with Crippen LogP contribution in [0.25, 0.3) is 5.57 Å². The molecule has 0 aromatic carbocycles. The number of hydrogen-bond acceptors (Lipinski definition) is 5. The SMILES string of the molecule is [2H]C([2H])(CCC)C([2H])([2H])C([2H])([2H])Oc1nsnc1C1=CCCN(C)C1. The summed E-state index contributed by atoms with van der Waals surface area (Å²) in [5, 5.41) is 0. The highest BCUT2D eigenvalue weighted by Gasteiger charge is 2.18. The van der Waals surface area contributed by atoms with Gasteiger partial charge in [0.05, 0.1) is 21.0 Å². The fraction of sp³-hybridized carbons (Fsp3) is 0.714. The van der Waals surface area contributed by atoms with Gasteiger partial charge in [-0.05, 0) is 25.4 Å². The molecule has 106 valence electrons. The van der Waals surface area contributed by atoms with Gasteiger partial charge in [-0.15, -0.1) is 4.37 Å². The molecule has 1 aliphatic heterocycles. The quantitative estimate of drug-likeness (QED) is 0.772. The molecule has 2 heterocycles. The smallest absolute Gasteiger partial charge is 0.253 e. The molecule has 0 aliphatic carbocycles. The molecule has 1 aromatic heterocycles. The summed E-state index contributed by atoms with van der Waals surface area (Å²) in [6.45, 7) is 0.363. The van der Waals surface area contributed by atoms with E-state index in [9.17, 15) is 0 Å². The number of hydrogen-bond donors (Lipinski definition) is 0. The van der Waals surface area contributed by atoms with Crippen LogP contribution in [0.1, 0.15) is 52.9 Å². The summed E-state index contributed by atoms with van der Waals surface area (Å²) in [6, 6.07) is 0. The second-order valence-electron chi connectivity index (χ2n) is 4.43. The van der Waals surface area contributed by atoms with E-state index in [4.69, 9.17) is 13.0 Å². The van der Waals surface area contributed by atoms with Crippen molar-refractivity contribution in [1.82, 2.24) is 13.6 Å². The first kappa shape index (κ1) is 8.37. The van der Waals surface area contributed by atoms with Gasteiger partial charge in [-0.1, -0.05) is 32.2 Å². The van der Waals surface area contributed by atoms with Crippen LogP contribution >= 0.6 is 11.7 Å². The zero-order chi connectivity index (χ0) is 18.9. The van der Waals surface area contributed by atoms with E-state index in [2.05, 4.69) is 13.6 Å². The second-order valence-corrected chi connectivity index (χ2v) is 4.96. The number of likely N-dealkylation sites (N-methyl/N-ethyl adjacent to an activating group) is 1. The molecule has 0 bridgehead atoms. The Hall–Kier alpha value is -0.940. The van der Waals surface area contributed by atoms with E-state index >= 15 is 0 Å². The Kier molecular flexibility index (Phi) is 3.35. The average Bonchev–Trinajstić information content (AvgIpc) is 2.94. The van der Waals surface area contributed by atoms with Crippen molar-refractivity contribution < 1.29 is 13.0 Å². The van der Waals surface area contributed by atoms with E-state index in [0.717, 1.165) is 30.3 Å². The summed E-state index contributed by atoms with van der Waals surface area (Å²) >= 11 is 0.863. The number of aromatic nitrogens is 2. The van der Waals surface area contributed by atoms with Crippen molar-refractivity contribution in [3.63, 3.8) is 0 Å². The predicted octanol–water partition coefficient (Wildman–Crippen LogP) is 3.22. The lowest BCUT2D eigenvalue weighted by molar-refractivity contribution is 0.294. The van der Waals surface area contributed by atoms with Gasteiger partial charge in [0.25, 0.3) is 5.88 Å². The summed E-state index contributed by atoms with van der Waals surface area (Å²) < 4.78 is 61.3. The van der Waals surface area contributed by atoms with Crippen LogP contribution < -0.4 is 4.74 Å². The normalized spacial score (nSPS) is 23.4. The molecule has 0 spiro atoms. The summed E-state index contributed by atoms with van der Waals surface area (Å²) in [7, 11) is 1.96. The molecule has 0 atom stereocenters. The highest BCUT2D eigenvalue weighted by Crippen LogP contribution is 2.27. The van der Waals surface area contributed by atoms with Crippen molar-refractivity contribution in [2.24, 2.45) is 0 Å². The van der Waals surface area contributed by atoms with Crippen LogP contribution in [0.4, 0.5) is 0 Å². The van der Waals surface area contributed by atoms with Gasteiger partial charge in [-0.3, -0.25) is 0 Å². The van der Waals surface area contributed by atoms with E-state index in [-0.39, 0.29) is 12.3 Å². The summed E-state index contributed by atoms with van der Waals surface area (Å²) in [5.74, 6) is -0.0901. The molecule has 1 aliphatic rings. The van der Waals surface area contributed by atoms with Crippen LogP contribution in [0.5, 0.6) is 5.88 Å². The van der Waals surface area contributed by atoms with E-state index in [1.165, 1.54) is 0 Å². The highest BCUT2D eigenvalue weighted by atomic mass is 32.1. The Morgan fingerprint density at radius 3 is 3.16 bits per heavy atom. The van der Waals surface area contributed by atoms with Crippen LogP contribution in [-0.4, -0.2) is 40.3 Å². The first-order chi connectivity index (χ1) is 11.5. The molecule has 0 unspecified atom stereocenters. The second kappa shape index (κ2) is 7.60. The van der Waals surface area contributed by atoms with Crippen LogP contribution in [-0.2, 0) is 0 Å². The van der Waals surface area contributed by atoms with Gasteiger partial charge < -0.3 is 9.64 Å². The van der Waals surface area contributed by atoms with Gasteiger partial charge in [0.1, 0.15) is 5.69 Å². The van der Waals surface area contributed by atoms with Crippen molar-refractivity contribution in [2.45, 2.75) is 38.9 Å². The highest BCUT2D eigenvalue weighted by molar-refractivity contribution is 6.99. The van der Waals surface area contributed by atoms with Crippen LogP contribution in [0.15, 0.2) is 6.08 Å². The predicted molar refractivity (Wildman–Crippen MR) is 79.6 cm³/mol. The van der Waals surface area contributed by atoms with E-state index in [0.29, 0.717) is 18.7 Å². The minimum atomic E-state index is -2.89. The van der Waals surface area contributed by atoms with Gasteiger partial charge in [0, 0.05) is 18.6 Å². The fourth-order valence-electron chi connectivity index (χ4n) is 1.81. The monoisotopic (exact) mass is 287 g/mol. The molecule has 0 amide bonds. The van der Waals surface area contributed by atoms with Crippen molar-refractivity contribution >= 4 is 17.3 Å². The van der Waals surface area contributed by atoms with Crippen LogP contribution in [0.3, 0.4) is 0 Å². The van der Waals surface area contributed by atoms with E-state index in [1.54, 1.807) is 6.92 Å². The van der Waals surface area contributed by atoms with Crippen LogP contribution in [0.2, 0.25) is 0 Å². The third-order valence-corrected chi connectivity index (χ3v) is 3.28. The summed E-state index contributed by atoms with van der Waals surface area (Å²) in [6.07, 6.45) is -2.13. The maximum absolute atomic E-state index is 8.03. The van der Waals surface area contributed by atoms with Crippen LogP contribution in [0, 0.1) is 0 Å². The first-order valence-electron chi connectivity index (χ1n) is 9.41. The Bertz CT molecular complexity index is 634. The third kappa shape index (κ3) is 4.28. The van der Waals surface area contributed by atoms with Gasteiger partial charge in [0.15, 0.2) is 0 Å². The summed E-state index contributed by atoms with van der Waals surface area (Å²) in [5.41, 5.74) is 1.25. The molecule has 1 aromatic rings. The Morgan fingerprint density at radius 2 is 2.37 bits per heavy atom. The standard InChI is InChI=1S/C14H23N3OS/c1-3-4-5-6-10-18-14-13(15-19-16-14)12-8-7-9-17(2)11-12/h8H,3-7,9-11H2,1-2H3/i5D2,6D2,10D2. The third-order valence-electron chi connectivity index (χ3n) is 2.77. The average molecular weight is 287 g/mol. The molecule has 0 saturated heterocycles. The molecule has 0 saturated carbocycles. The lowest BCUT2D eigenvalue weighted by Crippen LogP contribution is -2.25. The van der Waals surface area contributed by atoms with Crippen molar-refractivity contribution in [1.29, 1.82) is 0 Å². The van der Waals surface area contributed by atoms with Crippen molar-refractivity contribution in [2.75, 3.05) is 26.7 Å². The molecule has 4 nitrogen and oxygen atoms in total. The minimum absolute atomic E-state index is 0.0901. The number of nitrogens with zero attached hydrogens (tertiary/aromatic N) is 3. The largest absolute Gasteiger partial charge is 0.475 e. The van der Waals surface area contributed by atoms with Gasteiger partial charge in [-0.2, -0.15) is 4.37 Å². The van der Waals surface area contributed by atoms with E-state index in [1.807, 2.05) is 13.1 Å². The Labute approximate surface area is 128 Å².